The molecule has 0 aliphatic carbocycles. The lowest BCUT2D eigenvalue weighted by atomic mass is 10.1. The number of nitrogens with one attached hydrogen (secondary N) is 2. The van der Waals surface area contributed by atoms with E-state index >= 15 is 0 Å². The largest absolute Gasteiger partial charge is 0.480 e. The first-order valence-electron chi connectivity index (χ1n) is 7.45. The van der Waals surface area contributed by atoms with E-state index in [2.05, 4.69) is 20.6 Å². The normalized spacial score (nSPS) is 12.1. The van der Waals surface area contributed by atoms with Gasteiger partial charge in [0.15, 0.2) is 0 Å². The first-order chi connectivity index (χ1) is 11.2. The van der Waals surface area contributed by atoms with Crippen molar-refractivity contribution in [2.24, 2.45) is 0 Å². The third kappa shape index (κ3) is 7.52. The number of aromatic nitrogens is 2. The molecule has 1 heterocycles. The molecule has 0 radical (unpaired) electrons. The first-order valence-corrected chi connectivity index (χ1v) is 7.45. The van der Waals surface area contributed by atoms with Gasteiger partial charge < -0.3 is 20.5 Å². The fourth-order valence-corrected chi connectivity index (χ4v) is 1.72. The first kappa shape index (κ1) is 19.3. The van der Waals surface area contributed by atoms with Gasteiger partial charge in [-0.05, 0) is 33.6 Å². The summed E-state index contributed by atoms with van der Waals surface area (Å²) >= 11 is 0. The average Bonchev–Trinajstić information content (AvgIpc) is 2.48. The molecule has 0 fully saturated rings. The second kappa shape index (κ2) is 8.80. The third-order valence-electron chi connectivity index (χ3n) is 2.74. The summed E-state index contributed by atoms with van der Waals surface area (Å²) in [7, 11) is 0. The second-order valence-corrected chi connectivity index (χ2v) is 6.03. The van der Waals surface area contributed by atoms with Crippen LogP contribution in [0.1, 0.15) is 44.1 Å². The number of carbonyl (C=O) groups excluding carboxylic acids is 2. The fourth-order valence-electron chi connectivity index (χ4n) is 1.72. The Morgan fingerprint density at radius 1 is 1.29 bits per heavy atom. The van der Waals surface area contributed by atoms with Gasteiger partial charge in [-0.1, -0.05) is 0 Å². The molecule has 0 bridgehead atoms. The van der Waals surface area contributed by atoms with Gasteiger partial charge in [0, 0.05) is 18.9 Å². The third-order valence-corrected chi connectivity index (χ3v) is 2.74. The lowest BCUT2D eigenvalue weighted by Gasteiger charge is -2.22. The van der Waals surface area contributed by atoms with E-state index in [1.54, 1.807) is 20.8 Å². The van der Waals surface area contributed by atoms with Crippen LogP contribution in [0, 0.1) is 0 Å². The molecule has 132 valence electrons. The maximum atomic E-state index is 11.7. The van der Waals surface area contributed by atoms with Crippen LogP contribution in [-0.4, -0.2) is 51.2 Å². The number of hydrogen-bond donors (Lipinski definition) is 3. The molecule has 0 saturated carbocycles. The minimum atomic E-state index is -1.17. The Morgan fingerprint density at radius 3 is 2.54 bits per heavy atom. The van der Waals surface area contributed by atoms with Gasteiger partial charge in [-0.3, -0.25) is 9.78 Å². The number of aliphatic carboxylic acids is 1. The Hall–Kier alpha value is -2.71. The van der Waals surface area contributed by atoms with Crippen molar-refractivity contribution in [2.45, 2.75) is 45.3 Å². The molecule has 0 unspecified atom stereocenters. The van der Waals surface area contributed by atoms with Gasteiger partial charge in [-0.2, -0.15) is 0 Å². The summed E-state index contributed by atoms with van der Waals surface area (Å²) in [6.07, 6.45) is 3.91. The van der Waals surface area contributed by atoms with Crippen molar-refractivity contribution in [3.63, 3.8) is 0 Å². The molecule has 9 heteroatoms. The molecule has 0 aliphatic heterocycles. The number of carboxylic acids is 1. The van der Waals surface area contributed by atoms with E-state index in [-0.39, 0.29) is 18.7 Å². The van der Waals surface area contributed by atoms with Crippen LogP contribution in [0.5, 0.6) is 0 Å². The van der Waals surface area contributed by atoms with Crippen LogP contribution in [-0.2, 0) is 9.53 Å². The lowest BCUT2D eigenvalue weighted by Crippen LogP contribution is -2.43. The molecule has 2 amide bonds. The number of rotatable bonds is 7. The van der Waals surface area contributed by atoms with E-state index < -0.39 is 29.6 Å². The number of hydrogen-bond acceptors (Lipinski definition) is 6. The highest BCUT2D eigenvalue weighted by molar-refractivity contribution is 5.91. The molecule has 1 atom stereocenters. The fraction of sp³-hybridized carbons (Fsp3) is 0.533. The Kier molecular flexibility index (Phi) is 7.09. The van der Waals surface area contributed by atoms with E-state index in [1.165, 1.54) is 18.6 Å². The van der Waals surface area contributed by atoms with Gasteiger partial charge in [0.05, 0.1) is 6.20 Å². The summed E-state index contributed by atoms with van der Waals surface area (Å²) in [4.78, 5) is 42.2. The van der Waals surface area contributed by atoms with Crippen LogP contribution in [0.15, 0.2) is 18.6 Å². The van der Waals surface area contributed by atoms with Crippen LogP contribution in [0.4, 0.5) is 4.79 Å². The van der Waals surface area contributed by atoms with Gasteiger partial charge >= 0.3 is 12.1 Å². The molecule has 0 aromatic carbocycles. The molecular weight excluding hydrogens is 316 g/mol. The smallest absolute Gasteiger partial charge is 0.408 e. The molecule has 9 nitrogen and oxygen atoms in total. The van der Waals surface area contributed by atoms with E-state index in [9.17, 15) is 14.4 Å². The zero-order chi connectivity index (χ0) is 18.2. The number of nitrogens with zero attached hydrogens (tertiary/aromatic N) is 2. The van der Waals surface area contributed by atoms with Crippen LogP contribution in [0.2, 0.25) is 0 Å². The van der Waals surface area contributed by atoms with Gasteiger partial charge in [0.2, 0.25) is 0 Å². The zero-order valence-electron chi connectivity index (χ0n) is 13.9. The Bertz CT molecular complexity index is 571. The Labute approximate surface area is 139 Å². The average molecular weight is 338 g/mol. The molecule has 1 rings (SSSR count). The van der Waals surface area contributed by atoms with Gasteiger partial charge in [0.25, 0.3) is 5.91 Å². The number of amides is 2. The summed E-state index contributed by atoms with van der Waals surface area (Å²) in [6, 6.07) is -1.09. The van der Waals surface area contributed by atoms with Crippen LogP contribution in [0.3, 0.4) is 0 Å². The molecule has 0 saturated heterocycles. The van der Waals surface area contributed by atoms with Crippen LogP contribution < -0.4 is 10.6 Å². The van der Waals surface area contributed by atoms with Gasteiger partial charge in [0.1, 0.15) is 17.3 Å². The van der Waals surface area contributed by atoms with E-state index in [0.29, 0.717) is 6.42 Å². The van der Waals surface area contributed by atoms with Crippen LogP contribution in [0.25, 0.3) is 0 Å². The standard InChI is InChI=1S/C15H22N4O5/c1-15(2,3)24-14(23)19-10(13(21)22)5-4-6-18-12(20)11-9-16-7-8-17-11/h7-10H,4-6H2,1-3H3,(H,18,20)(H,19,23)(H,21,22)/t10-/m1/s1. The van der Waals surface area contributed by atoms with Gasteiger partial charge in [-0.25, -0.2) is 14.6 Å². The van der Waals surface area contributed by atoms with E-state index in [4.69, 9.17) is 9.84 Å². The van der Waals surface area contributed by atoms with Crippen molar-refractivity contribution < 1.29 is 24.2 Å². The highest BCUT2D eigenvalue weighted by Crippen LogP contribution is 2.07. The maximum Gasteiger partial charge on any atom is 0.408 e. The molecule has 24 heavy (non-hydrogen) atoms. The summed E-state index contributed by atoms with van der Waals surface area (Å²) in [6.45, 7) is 5.30. The molecular formula is C15H22N4O5. The molecule has 0 spiro atoms. The summed E-state index contributed by atoms with van der Waals surface area (Å²) in [5, 5.41) is 14.0. The Morgan fingerprint density at radius 2 is 2.00 bits per heavy atom. The van der Waals surface area contributed by atoms with Crippen molar-refractivity contribution in [3.8, 4) is 0 Å². The van der Waals surface area contributed by atoms with Crippen molar-refractivity contribution in [1.82, 2.24) is 20.6 Å². The minimum Gasteiger partial charge on any atom is -0.480 e. The molecule has 1 aromatic rings. The number of carboxylic acid groups (broad SMARTS) is 1. The predicted molar refractivity (Wildman–Crippen MR) is 84.4 cm³/mol. The summed E-state index contributed by atoms with van der Waals surface area (Å²) in [5.41, 5.74) is -0.531. The second-order valence-electron chi connectivity index (χ2n) is 6.03. The molecule has 1 aromatic heterocycles. The molecule has 0 aliphatic rings. The minimum absolute atomic E-state index is 0.148. The van der Waals surface area contributed by atoms with E-state index in [0.717, 1.165) is 0 Å². The van der Waals surface area contributed by atoms with Crippen molar-refractivity contribution in [3.05, 3.63) is 24.3 Å². The Balaban J connectivity index is 2.38. The monoisotopic (exact) mass is 338 g/mol. The van der Waals surface area contributed by atoms with Gasteiger partial charge in [-0.15, -0.1) is 0 Å². The number of carbonyl (C=O) groups is 3. The van der Waals surface area contributed by atoms with Crippen molar-refractivity contribution >= 4 is 18.0 Å². The lowest BCUT2D eigenvalue weighted by molar-refractivity contribution is -0.139. The zero-order valence-corrected chi connectivity index (χ0v) is 13.9. The topological polar surface area (TPSA) is 131 Å². The van der Waals surface area contributed by atoms with Crippen molar-refractivity contribution in [2.75, 3.05) is 6.54 Å². The summed E-state index contributed by atoms with van der Waals surface area (Å²) in [5.74, 6) is -1.56. The number of ether oxygens (including phenoxy) is 1. The number of alkyl carbamates (subject to hydrolysis) is 1. The van der Waals surface area contributed by atoms with Crippen molar-refractivity contribution in [1.29, 1.82) is 0 Å². The quantitative estimate of drug-likeness (QED) is 0.631. The summed E-state index contributed by atoms with van der Waals surface area (Å²) < 4.78 is 5.02. The highest BCUT2D eigenvalue weighted by atomic mass is 16.6. The van der Waals surface area contributed by atoms with Crippen LogP contribution >= 0.6 is 0 Å². The molecule has 3 N–H and O–H groups in total. The SMILES string of the molecule is CC(C)(C)OC(=O)N[C@H](CCCNC(=O)c1cnccn1)C(=O)O. The predicted octanol–water partition coefficient (Wildman–Crippen LogP) is 0.964. The maximum absolute atomic E-state index is 11.7. The van der Waals surface area contributed by atoms with E-state index in [1.807, 2.05) is 0 Å². The highest BCUT2D eigenvalue weighted by Gasteiger charge is 2.23.